The molecule has 1 N–H and O–H groups in total. The molecule has 0 fully saturated rings. The molecule has 96 valence electrons. The summed E-state index contributed by atoms with van der Waals surface area (Å²) in [6.07, 6.45) is 1.13. The lowest BCUT2D eigenvalue weighted by molar-refractivity contribution is 0.310. The summed E-state index contributed by atoms with van der Waals surface area (Å²) in [6.45, 7) is 3.50. The summed E-state index contributed by atoms with van der Waals surface area (Å²) in [5.41, 5.74) is 0. The van der Waals surface area contributed by atoms with Crippen molar-refractivity contribution < 1.29 is 9.13 Å². The molecule has 0 atom stereocenters. The third-order valence-electron chi connectivity index (χ3n) is 2.32. The molecule has 1 aromatic rings. The zero-order valence-electron chi connectivity index (χ0n) is 10.6. The van der Waals surface area contributed by atoms with Gasteiger partial charge in [0.2, 0.25) is 0 Å². The van der Waals surface area contributed by atoms with Gasteiger partial charge in [-0.1, -0.05) is 0 Å². The molecule has 0 bridgehead atoms. The first-order chi connectivity index (χ1) is 8.18. The Morgan fingerprint density at radius 3 is 2.53 bits per heavy atom. The number of nitrogens with one attached hydrogen (secondary N) is 1. The van der Waals surface area contributed by atoms with Crippen molar-refractivity contribution in [2.75, 3.05) is 40.3 Å². The molecule has 0 aromatic heterocycles. The second-order valence-corrected chi connectivity index (χ2v) is 4.21. The van der Waals surface area contributed by atoms with Crippen LogP contribution in [0.25, 0.3) is 0 Å². The number of ether oxygens (including phenoxy) is 1. The van der Waals surface area contributed by atoms with E-state index < -0.39 is 0 Å². The monoisotopic (exact) mass is 240 g/mol. The lowest BCUT2D eigenvalue weighted by Gasteiger charge is -2.10. The van der Waals surface area contributed by atoms with E-state index in [4.69, 9.17) is 4.74 Å². The maximum atomic E-state index is 12.6. The van der Waals surface area contributed by atoms with Crippen LogP contribution in [0.4, 0.5) is 4.39 Å². The highest BCUT2D eigenvalue weighted by Gasteiger charge is 1.94. The molecule has 0 saturated heterocycles. The average Bonchev–Trinajstić information content (AvgIpc) is 2.30. The summed E-state index contributed by atoms with van der Waals surface area (Å²) in [5.74, 6) is 0.473. The molecule has 0 radical (unpaired) electrons. The number of hydrogen-bond donors (Lipinski definition) is 1. The Morgan fingerprint density at radius 2 is 1.88 bits per heavy atom. The first kappa shape index (κ1) is 13.9. The summed E-state index contributed by atoms with van der Waals surface area (Å²) < 4.78 is 18.1. The van der Waals surface area contributed by atoms with E-state index in [2.05, 4.69) is 24.3 Å². The maximum absolute atomic E-state index is 12.6. The highest BCUT2D eigenvalue weighted by molar-refractivity contribution is 5.21. The molecule has 0 aliphatic rings. The van der Waals surface area contributed by atoms with E-state index in [1.165, 1.54) is 12.1 Å². The van der Waals surface area contributed by atoms with Crippen molar-refractivity contribution in [1.82, 2.24) is 10.2 Å². The third-order valence-corrected chi connectivity index (χ3v) is 2.32. The van der Waals surface area contributed by atoms with Crippen LogP contribution in [-0.2, 0) is 0 Å². The normalized spacial score (nSPS) is 10.8. The number of benzene rings is 1. The van der Waals surface area contributed by atoms with Gasteiger partial charge in [0.25, 0.3) is 0 Å². The van der Waals surface area contributed by atoms with Crippen LogP contribution in [0.3, 0.4) is 0 Å². The van der Waals surface area contributed by atoms with Gasteiger partial charge in [-0.3, -0.25) is 0 Å². The summed E-state index contributed by atoms with van der Waals surface area (Å²) in [6, 6.07) is 6.09. The van der Waals surface area contributed by atoms with E-state index in [1.54, 1.807) is 12.1 Å². The van der Waals surface area contributed by atoms with Crippen LogP contribution in [0.2, 0.25) is 0 Å². The number of halogens is 1. The minimum absolute atomic E-state index is 0.237. The van der Waals surface area contributed by atoms with Crippen LogP contribution >= 0.6 is 0 Å². The van der Waals surface area contributed by atoms with Crippen molar-refractivity contribution in [3.05, 3.63) is 30.1 Å². The Hall–Kier alpha value is -1.13. The predicted octanol–water partition coefficient (Wildman–Crippen LogP) is 1.75. The van der Waals surface area contributed by atoms with E-state index in [0.717, 1.165) is 26.1 Å². The molecule has 0 aliphatic carbocycles. The van der Waals surface area contributed by atoms with E-state index in [1.807, 2.05) is 0 Å². The Morgan fingerprint density at radius 1 is 1.18 bits per heavy atom. The number of rotatable bonds is 8. The fourth-order valence-electron chi connectivity index (χ4n) is 1.42. The zero-order valence-corrected chi connectivity index (χ0v) is 10.6. The van der Waals surface area contributed by atoms with Gasteiger partial charge in [-0.2, -0.15) is 0 Å². The van der Waals surface area contributed by atoms with Crippen molar-refractivity contribution in [2.24, 2.45) is 0 Å². The minimum atomic E-state index is -0.237. The fraction of sp³-hybridized carbons (Fsp3) is 0.538. The Kier molecular flexibility index (Phi) is 6.58. The topological polar surface area (TPSA) is 24.5 Å². The van der Waals surface area contributed by atoms with Crippen LogP contribution in [0.5, 0.6) is 5.75 Å². The maximum Gasteiger partial charge on any atom is 0.123 e. The molecule has 0 aliphatic heterocycles. The molecular weight excluding hydrogens is 219 g/mol. The second-order valence-electron chi connectivity index (χ2n) is 4.21. The number of hydrogen-bond acceptors (Lipinski definition) is 3. The van der Waals surface area contributed by atoms with Crippen molar-refractivity contribution >= 4 is 0 Å². The summed E-state index contributed by atoms with van der Waals surface area (Å²) >= 11 is 0. The predicted molar refractivity (Wildman–Crippen MR) is 67.9 cm³/mol. The van der Waals surface area contributed by atoms with Crippen LogP contribution in [0.1, 0.15) is 6.42 Å². The molecule has 0 unspecified atom stereocenters. The molecule has 3 nitrogen and oxygen atoms in total. The largest absolute Gasteiger partial charge is 0.492 e. The highest BCUT2D eigenvalue weighted by Crippen LogP contribution is 2.10. The zero-order chi connectivity index (χ0) is 12.5. The molecule has 0 heterocycles. The van der Waals surface area contributed by atoms with E-state index in [9.17, 15) is 4.39 Å². The average molecular weight is 240 g/mol. The van der Waals surface area contributed by atoms with Crippen LogP contribution in [0.15, 0.2) is 24.3 Å². The fourth-order valence-corrected chi connectivity index (χ4v) is 1.42. The van der Waals surface area contributed by atoms with Gasteiger partial charge in [0.05, 0.1) is 0 Å². The first-order valence-electron chi connectivity index (χ1n) is 5.92. The molecule has 1 aromatic carbocycles. The summed E-state index contributed by atoms with van der Waals surface area (Å²) in [5, 5.41) is 3.30. The van der Waals surface area contributed by atoms with Gasteiger partial charge in [-0.15, -0.1) is 0 Å². The van der Waals surface area contributed by atoms with Crippen molar-refractivity contribution in [3.8, 4) is 5.75 Å². The molecule has 4 heteroatoms. The molecular formula is C13H21FN2O. The van der Waals surface area contributed by atoms with Gasteiger partial charge in [-0.25, -0.2) is 4.39 Å². The van der Waals surface area contributed by atoms with Crippen LogP contribution in [0, 0.1) is 5.82 Å². The number of nitrogens with zero attached hydrogens (tertiary/aromatic N) is 1. The van der Waals surface area contributed by atoms with Gasteiger partial charge >= 0.3 is 0 Å². The van der Waals surface area contributed by atoms with Crippen molar-refractivity contribution in [1.29, 1.82) is 0 Å². The van der Waals surface area contributed by atoms with Crippen LogP contribution in [-0.4, -0.2) is 45.2 Å². The highest BCUT2D eigenvalue weighted by atomic mass is 19.1. The molecule has 1 rings (SSSR count). The Balaban J connectivity index is 1.99. The molecule has 0 spiro atoms. The molecule has 17 heavy (non-hydrogen) atoms. The smallest absolute Gasteiger partial charge is 0.123 e. The quantitative estimate of drug-likeness (QED) is 0.701. The SMILES string of the molecule is CN(C)CCCNCCOc1ccc(F)cc1. The van der Waals surface area contributed by atoms with E-state index >= 15 is 0 Å². The van der Waals surface area contributed by atoms with Crippen LogP contribution < -0.4 is 10.1 Å². The first-order valence-corrected chi connectivity index (χ1v) is 5.92. The lowest BCUT2D eigenvalue weighted by atomic mass is 10.3. The van der Waals surface area contributed by atoms with E-state index in [0.29, 0.717) is 12.4 Å². The van der Waals surface area contributed by atoms with Gasteiger partial charge in [0, 0.05) is 6.54 Å². The summed E-state index contributed by atoms with van der Waals surface area (Å²) in [7, 11) is 4.13. The van der Waals surface area contributed by atoms with E-state index in [-0.39, 0.29) is 5.82 Å². The van der Waals surface area contributed by atoms with Crippen molar-refractivity contribution in [3.63, 3.8) is 0 Å². The minimum Gasteiger partial charge on any atom is -0.492 e. The Labute approximate surface area is 103 Å². The molecule has 0 amide bonds. The standard InChI is InChI=1S/C13H21FN2O/c1-16(2)10-3-8-15-9-11-17-13-6-4-12(14)5-7-13/h4-7,15H,3,8-11H2,1-2H3. The van der Waals surface area contributed by atoms with Crippen molar-refractivity contribution in [2.45, 2.75) is 6.42 Å². The Bertz CT molecular complexity index is 301. The third kappa shape index (κ3) is 6.92. The van der Waals surface area contributed by atoms with Gasteiger partial charge in [-0.05, 0) is 57.9 Å². The second kappa shape index (κ2) is 8.03. The lowest BCUT2D eigenvalue weighted by Crippen LogP contribution is -2.25. The van der Waals surface area contributed by atoms with Gasteiger partial charge in [0.1, 0.15) is 18.2 Å². The molecule has 0 saturated carbocycles. The van der Waals surface area contributed by atoms with Gasteiger partial charge < -0.3 is 15.0 Å². The summed E-state index contributed by atoms with van der Waals surface area (Å²) in [4.78, 5) is 2.16. The van der Waals surface area contributed by atoms with Gasteiger partial charge in [0.15, 0.2) is 0 Å².